The fraction of sp³-hybridized carbons (Fsp3) is 1.00. The second-order valence-corrected chi connectivity index (χ2v) is 10.3. The smallest absolute Gasteiger partial charge is 0.110 e. The molecule has 136 valence electrons. The minimum Gasteiger partial charge on any atom is -0.393 e. The van der Waals surface area contributed by atoms with Crippen molar-refractivity contribution >= 4 is 0 Å². The van der Waals surface area contributed by atoms with E-state index in [-0.39, 0.29) is 17.6 Å². The molecular weight excluding hydrogens is 300 g/mol. The number of hydrogen-bond acceptors (Lipinski definition) is 3. The highest BCUT2D eigenvalue weighted by Crippen LogP contribution is 2.69. The Balaban J connectivity index is 1.45. The van der Waals surface area contributed by atoms with Crippen LogP contribution in [0.2, 0.25) is 0 Å². The first-order chi connectivity index (χ1) is 11.4. The van der Waals surface area contributed by atoms with Gasteiger partial charge in [-0.25, -0.2) is 0 Å². The van der Waals surface area contributed by atoms with Crippen LogP contribution in [0.4, 0.5) is 0 Å². The van der Waals surface area contributed by atoms with Gasteiger partial charge in [0.15, 0.2) is 0 Å². The van der Waals surface area contributed by atoms with E-state index in [9.17, 15) is 10.2 Å². The molecule has 9 atom stereocenters. The molecule has 1 saturated heterocycles. The van der Waals surface area contributed by atoms with Crippen LogP contribution in [0.5, 0.6) is 0 Å². The number of ether oxygens (including phenoxy) is 1. The summed E-state index contributed by atoms with van der Waals surface area (Å²) >= 11 is 0. The van der Waals surface area contributed by atoms with Crippen LogP contribution in [0.15, 0.2) is 0 Å². The zero-order valence-corrected chi connectivity index (χ0v) is 15.3. The van der Waals surface area contributed by atoms with Crippen LogP contribution in [-0.4, -0.2) is 34.6 Å². The van der Waals surface area contributed by atoms with Gasteiger partial charge < -0.3 is 14.9 Å². The van der Waals surface area contributed by atoms with Gasteiger partial charge in [-0.15, -0.1) is 0 Å². The Morgan fingerprint density at radius 1 is 0.917 bits per heavy atom. The molecule has 0 aromatic heterocycles. The van der Waals surface area contributed by atoms with E-state index in [0.717, 1.165) is 43.6 Å². The van der Waals surface area contributed by atoms with Crippen molar-refractivity contribution in [2.24, 2.45) is 34.5 Å². The number of hydrogen-bond donors (Lipinski definition) is 2. The number of aliphatic hydroxyl groups is 2. The van der Waals surface area contributed by atoms with Crippen LogP contribution in [0.25, 0.3) is 0 Å². The van der Waals surface area contributed by atoms with Crippen LogP contribution in [0, 0.1) is 34.5 Å². The van der Waals surface area contributed by atoms with Crippen LogP contribution >= 0.6 is 0 Å². The summed E-state index contributed by atoms with van der Waals surface area (Å²) in [6, 6.07) is 0. The Morgan fingerprint density at radius 3 is 2.42 bits per heavy atom. The highest BCUT2D eigenvalue weighted by atomic mass is 16.6. The zero-order chi connectivity index (χ0) is 16.7. The Kier molecular flexibility index (Phi) is 3.34. The summed E-state index contributed by atoms with van der Waals surface area (Å²) in [5.41, 5.74) is -0.0733. The van der Waals surface area contributed by atoms with E-state index in [2.05, 4.69) is 13.8 Å². The Hall–Kier alpha value is -0.120. The average Bonchev–Trinajstić information content (AvgIpc) is 3.36. The van der Waals surface area contributed by atoms with Crippen molar-refractivity contribution in [1.29, 1.82) is 0 Å². The lowest BCUT2D eigenvalue weighted by Crippen LogP contribution is -2.58. The van der Waals surface area contributed by atoms with Crippen molar-refractivity contribution in [1.82, 2.24) is 0 Å². The molecule has 0 radical (unpaired) electrons. The summed E-state index contributed by atoms with van der Waals surface area (Å²) < 4.78 is 5.59. The standard InChI is InChI=1S/C21H34O3/c1-19-8-5-14(22)11-13(19)3-4-15-16(19)6-9-20(2)17(15)7-10-21(20,23)18-12-24-18/h13-18,22-23H,3-12H2,1-2H3/t13-,14-,15+,16-,17-,18?,19-,20-,21-/m0/s1. The number of epoxide rings is 1. The van der Waals surface area contributed by atoms with Gasteiger partial charge in [-0.3, -0.25) is 0 Å². The number of rotatable bonds is 1. The van der Waals surface area contributed by atoms with Crippen molar-refractivity contribution in [2.75, 3.05) is 6.61 Å². The van der Waals surface area contributed by atoms with E-state index in [1.807, 2.05) is 0 Å². The maximum Gasteiger partial charge on any atom is 0.110 e. The molecule has 5 aliphatic rings. The molecule has 0 amide bonds. The molecular formula is C21H34O3. The molecule has 4 saturated carbocycles. The van der Waals surface area contributed by atoms with Crippen molar-refractivity contribution in [2.45, 2.75) is 89.4 Å². The SMILES string of the molecule is C[C@]12CC[C@H](O)C[C@@H]1CC[C@@H]1[C@@H]2CC[C@@]2(C)[C@H]1CC[C@]2(O)C1CO1. The van der Waals surface area contributed by atoms with E-state index in [1.54, 1.807) is 0 Å². The minimum atomic E-state index is -0.566. The van der Waals surface area contributed by atoms with E-state index in [4.69, 9.17) is 4.74 Å². The first-order valence-electron chi connectivity index (χ1n) is 10.4. The van der Waals surface area contributed by atoms with Gasteiger partial charge in [0.2, 0.25) is 0 Å². The molecule has 24 heavy (non-hydrogen) atoms. The summed E-state index contributed by atoms with van der Waals surface area (Å²) in [6.07, 6.45) is 10.5. The zero-order valence-electron chi connectivity index (χ0n) is 15.3. The molecule has 5 fully saturated rings. The third kappa shape index (κ3) is 1.90. The second kappa shape index (κ2) is 4.98. The monoisotopic (exact) mass is 334 g/mol. The molecule has 3 nitrogen and oxygen atoms in total. The molecule has 1 heterocycles. The molecule has 4 aliphatic carbocycles. The van der Waals surface area contributed by atoms with Crippen molar-refractivity contribution in [3.63, 3.8) is 0 Å². The van der Waals surface area contributed by atoms with Crippen LogP contribution in [0.3, 0.4) is 0 Å². The van der Waals surface area contributed by atoms with Crippen molar-refractivity contribution in [3.05, 3.63) is 0 Å². The Labute approximate surface area is 146 Å². The topological polar surface area (TPSA) is 53.0 Å². The van der Waals surface area contributed by atoms with Gasteiger partial charge in [0.1, 0.15) is 6.10 Å². The summed E-state index contributed by atoms with van der Waals surface area (Å²) in [4.78, 5) is 0. The highest BCUT2D eigenvalue weighted by Gasteiger charge is 2.68. The highest BCUT2D eigenvalue weighted by molar-refractivity contribution is 5.17. The molecule has 1 aliphatic heterocycles. The van der Waals surface area contributed by atoms with Crippen molar-refractivity contribution in [3.8, 4) is 0 Å². The molecule has 0 aromatic rings. The fourth-order valence-electron chi connectivity index (χ4n) is 8.14. The van der Waals surface area contributed by atoms with E-state index >= 15 is 0 Å². The van der Waals surface area contributed by atoms with Crippen molar-refractivity contribution < 1.29 is 14.9 Å². The second-order valence-electron chi connectivity index (χ2n) is 10.3. The summed E-state index contributed by atoms with van der Waals surface area (Å²) in [7, 11) is 0. The fourth-order valence-corrected chi connectivity index (χ4v) is 8.14. The van der Waals surface area contributed by atoms with Gasteiger partial charge in [-0.2, -0.15) is 0 Å². The predicted molar refractivity (Wildman–Crippen MR) is 92.4 cm³/mol. The predicted octanol–water partition coefficient (Wildman–Crippen LogP) is 3.52. The van der Waals surface area contributed by atoms with Gasteiger partial charge in [-0.05, 0) is 86.9 Å². The van der Waals surface area contributed by atoms with Gasteiger partial charge in [0.25, 0.3) is 0 Å². The number of fused-ring (bicyclic) bond motifs is 5. The lowest BCUT2D eigenvalue weighted by Gasteiger charge is -2.61. The minimum absolute atomic E-state index is 0.0583. The molecule has 1 unspecified atom stereocenters. The number of aliphatic hydroxyl groups excluding tert-OH is 1. The Morgan fingerprint density at radius 2 is 1.67 bits per heavy atom. The van der Waals surface area contributed by atoms with Gasteiger partial charge in [0, 0.05) is 5.41 Å². The maximum absolute atomic E-state index is 11.4. The first kappa shape index (κ1) is 16.1. The van der Waals surface area contributed by atoms with Crippen LogP contribution in [0.1, 0.15) is 71.6 Å². The van der Waals surface area contributed by atoms with E-state index in [1.165, 1.54) is 38.5 Å². The third-order valence-electron chi connectivity index (χ3n) is 9.72. The third-order valence-corrected chi connectivity index (χ3v) is 9.72. The molecule has 0 spiro atoms. The molecule has 0 aromatic carbocycles. The molecule has 2 N–H and O–H groups in total. The Bertz CT molecular complexity index is 531. The maximum atomic E-state index is 11.4. The quantitative estimate of drug-likeness (QED) is 0.722. The summed E-state index contributed by atoms with van der Waals surface area (Å²) in [6.45, 7) is 5.68. The van der Waals surface area contributed by atoms with Gasteiger partial charge in [-0.1, -0.05) is 13.8 Å². The van der Waals surface area contributed by atoms with Gasteiger partial charge in [0.05, 0.1) is 18.3 Å². The molecule has 3 heteroatoms. The summed E-state index contributed by atoms with van der Waals surface area (Å²) in [5.74, 6) is 2.99. The van der Waals surface area contributed by atoms with E-state index < -0.39 is 5.60 Å². The lowest BCUT2D eigenvalue weighted by atomic mass is 9.44. The summed E-state index contributed by atoms with van der Waals surface area (Å²) in [5, 5.41) is 21.6. The normalized spacial score (nSPS) is 62.5. The lowest BCUT2D eigenvalue weighted by molar-refractivity contribution is -0.163. The average molecular weight is 335 g/mol. The largest absolute Gasteiger partial charge is 0.393 e. The first-order valence-corrected chi connectivity index (χ1v) is 10.4. The van der Waals surface area contributed by atoms with E-state index in [0.29, 0.717) is 11.3 Å². The molecule has 0 bridgehead atoms. The van der Waals surface area contributed by atoms with Crippen LogP contribution in [-0.2, 0) is 4.74 Å². The van der Waals surface area contributed by atoms with Crippen LogP contribution < -0.4 is 0 Å². The molecule has 5 rings (SSSR count). The van der Waals surface area contributed by atoms with Gasteiger partial charge >= 0.3 is 0 Å².